The third kappa shape index (κ3) is 10.4. The number of nitrogens with one attached hydrogen (secondary N) is 2. The molecular weight excluding hydrogens is 544 g/mol. The molecule has 0 bridgehead atoms. The Balaban J connectivity index is 0.000000175. The Bertz CT molecular complexity index is 1220. The van der Waals surface area contributed by atoms with Gasteiger partial charge in [-0.05, 0) is 35.1 Å². The molecule has 4 aromatic carbocycles. The summed E-state index contributed by atoms with van der Waals surface area (Å²) < 4.78 is 0. The standard InChI is InChI=1S/2C19H24N2O/c2*22-19-15-21(14-17-9-5-2-6-10-17)12-11-18(19)20-13-16-7-3-1-4-8-16/h2*1-10,18-20,22H,11-15H2/t18-,19-;/m0./s1. The van der Waals surface area contributed by atoms with Gasteiger partial charge < -0.3 is 20.8 Å². The third-order valence-corrected chi connectivity index (χ3v) is 8.65. The lowest BCUT2D eigenvalue weighted by Gasteiger charge is -2.36. The number of hydrogen-bond acceptors (Lipinski definition) is 6. The van der Waals surface area contributed by atoms with E-state index in [1.807, 2.05) is 24.3 Å². The van der Waals surface area contributed by atoms with Gasteiger partial charge in [0.15, 0.2) is 0 Å². The van der Waals surface area contributed by atoms with E-state index in [1.54, 1.807) is 0 Å². The van der Waals surface area contributed by atoms with Crippen molar-refractivity contribution >= 4 is 0 Å². The Morgan fingerprint density at radius 1 is 0.477 bits per heavy atom. The van der Waals surface area contributed by atoms with Crippen LogP contribution in [-0.2, 0) is 26.2 Å². The normalized spacial score (nSPS) is 22.6. The van der Waals surface area contributed by atoms with Crippen LogP contribution in [-0.4, -0.2) is 70.5 Å². The predicted molar refractivity (Wildman–Crippen MR) is 179 cm³/mol. The van der Waals surface area contributed by atoms with Gasteiger partial charge in [-0.1, -0.05) is 121 Å². The molecule has 6 rings (SSSR count). The van der Waals surface area contributed by atoms with Crippen molar-refractivity contribution in [1.82, 2.24) is 20.4 Å². The Morgan fingerprint density at radius 3 is 1.11 bits per heavy atom. The minimum Gasteiger partial charge on any atom is -0.390 e. The lowest BCUT2D eigenvalue weighted by molar-refractivity contribution is 0.0364. The number of rotatable bonds is 10. The zero-order valence-electron chi connectivity index (χ0n) is 25.7. The number of aliphatic hydroxyl groups is 2. The third-order valence-electron chi connectivity index (χ3n) is 8.65. The Labute approximate surface area is 263 Å². The van der Waals surface area contributed by atoms with Crippen LogP contribution in [0.3, 0.4) is 0 Å². The summed E-state index contributed by atoms with van der Waals surface area (Å²) >= 11 is 0. The summed E-state index contributed by atoms with van der Waals surface area (Å²) in [5.41, 5.74) is 5.15. The van der Waals surface area contributed by atoms with Crippen LogP contribution in [0, 0.1) is 0 Å². The van der Waals surface area contributed by atoms with Gasteiger partial charge in [-0.25, -0.2) is 0 Å². The van der Waals surface area contributed by atoms with Gasteiger partial charge in [0.25, 0.3) is 0 Å². The Hall–Kier alpha value is -3.36. The highest BCUT2D eigenvalue weighted by molar-refractivity contribution is 5.17. The molecule has 44 heavy (non-hydrogen) atoms. The molecule has 0 aliphatic carbocycles. The lowest BCUT2D eigenvalue weighted by atomic mass is 10.0. The molecule has 4 atom stereocenters. The molecule has 6 nitrogen and oxygen atoms in total. The van der Waals surface area contributed by atoms with E-state index in [1.165, 1.54) is 22.3 Å². The fourth-order valence-electron chi connectivity index (χ4n) is 6.13. The van der Waals surface area contributed by atoms with Gasteiger partial charge in [0, 0.05) is 64.4 Å². The van der Waals surface area contributed by atoms with Gasteiger partial charge in [0.05, 0.1) is 12.2 Å². The maximum Gasteiger partial charge on any atom is 0.0820 e. The number of hydrogen-bond donors (Lipinski definition) is 4. The highest BCUT2D eigenvalue weighted by atomic mass is 16.3. The van der Waals surface area contributed by atoms with Gasteiger partial charge in [0.1, 0.15) is 0 Å². The summed E-state index contributed by atoms with van der Waals surface area (Å²) in [5.74, 6) is 0. The SMILES string of the molecule is OC1CN(Cc2ccccc2)CCC1NCc1ccccc1.O[C@H]1CN(Cc2ccccc2)CC[C@@H]1NCc1ccccc1. The monoisotopic (exact) mass is 592 g/mol. The molecule has 0 radical (unpaired) electrons. The molecule has 2 aliphatic heterocycles. The first kappa shape index (κ1) is 32.0. The first-order valence-electron chi connectivity index (χ1n) is 16.1. The van der Waals surface area contributed by atoms with Crippen LogP contribution in [0.2, 0.25) is 0 Å². The van der Waals surface area contributed by atoms with Gasteiger partial charge in [-0.3, -0.25) is 9.80 Å². The summed E-state index contributed by atoms with van der Waals surface area (Å²) in [7, 11) is 0. The minimum atomic E-state index is -0.304. The molecular formula is C38H48N4O2. The van der Waals surface area contributed by atoms with E-state index in [4.69, 9.17) is 0 Å². The van der Waals surface area contributed by atoms with E-state index in [0.717, 1.165) is 65.2 Å². The number of β-amino-alcohol motifs (C(OH)–C–C–N with tert-alkyl or cyclic N) is 2. The molecule has 0 amide bonds. The molecule has 4 N–H and O–H groups in total. The van der Waals surface area contributed by atoms with Gasteiger partial charge >= 0.3 is 0 Å². The average Bonchev–Trinajstić information content (AvgIpc) is 3.06. The highest BCUT2D eigenvalue weighted by Crippen LogP contribution is 2.16. The van der Waals surface area contributed by atoms with Crippen LogP contribution in [0.1, 0.15) is 35.1 Å². The van der Waals surface area contributed by atoms with Crippen molar-refractivity contribution in [3.05, 3.63) is 144 Å². The van der Waals surface area contributed by atoms with E-state index in [0.29, 0.717) is 0 Å². The van der Waals surface area contributed by atoms with Crippen molar-refractivity contribution < 1.29 is 10.2 Å². The largest absolute Gasteiger partial charge is 0.390 e. The maximum absolute atomic E-state index is 10.4. The summed E-state index contributed by atoms with van der Waals surface area (Å²) in [6.45, 7) is 7.01. The predicted octanol–water partition coefficient (Wildman–Crippen LogP) is 4.82. The van der Waals surface area contributed by atoms with Crippen molar-refractivity contribution in [2.24, 2.45) is 0 Å². The van der Waals surface area contributed by atoms with Crippen molar-refractivity contribution in [2.75, 3.05) is 26.2 Å². The Morgan fingerprint density at radius 2 is 0.795 bits per heavy atom. The van der Waals surface area contributed by atoms with Gasteiger partial charge in [-0.15, -0.1) is 0 Å². The smallest absolute Gasteiger partial charge is 0.0820 e. The van der Waals surface area contributed by atoms with Crippen LogP contribution in [0.15, 0.2) is 121 Å². The number of nitrogens with zero attached hydrogens (tertiary/aromatic N) is 2. The molecule has 2 unspecified atom stereocenters. The zero-order chi connectivity index (χ0) is 30.4. The summed E-state index contributed by atoms with van der Waals surface area (Å²) in [4.78, 5) is 4.67. The number of likely N-dealkylation sites (tertiary alicyclic amines) is 2. The molecule has 2 fully saturated rings. The molecule has 232 valence electrons. The second-order valence-electron chi connectivity index (χ2n) is 12.1. The molecule has 4 aromatic rings. The van der Waals surface area contributed by atoms with Crippen molar-refractivity contribution in [1.29, 1.82) is 0 Å². The summed E-state index contributed by atoms with van der Waals surface area (Å²) in [5, 5.41) is 27.8. The van der Waals surface area contributed by atoms with Crippen molar-refractivity contribution in [3.8, 4) is 0 Å². The first-order chi connectivity index (χ1) is 21.6. The lowest BCUT2D eigenvalue weighted by Crippen LogP contribution is -2.52. The molecule has 0 aromatic heterocycles. The fraction of sp³-hybridized carbons (Fsp3) is 0.368. The summed E-state index contributed by atoms with van der Waals surface area (Å²) in [6.07, 6.45) is 1.36. The van der Waals surface area contributed by atoms with Gasteiger partial charge in [-0.2, -0.15) is 0 Å². The molecule has 2 saturated heterocycles. The van der Waals surface area contributed by atoms with Crippen LogP contribution < -0.4 is 10.6 Å². The Kier molecular flexibility index (Phi) is 12.5. The second kappa shape index (κ2) is 17.2. The molecule has 6 heteroatoms. The minimum absolute atomic E-state index is 0.187. The van der Waals surface area contributed by atoms with Crippen LogP contribution in [0.25, 0.3) is 0 Å². The van der Waals surface area contributed by atoms with E-state index < -0.39 is 0 Å². The summed E-state index contributed by atoms with van der Waals surface area (Å²) in [6, 6.07) is 42.0. The van der Waals surface area contributed by atoms with Crippen LogP contribution in [0.4, 0.5) is 0 Å². The quantitative estimate of drug-likeness (QED) is 0.212. The van der Waals surface area contributed by atoms with E-state index in [9.17, 15) is 10.2 Å². The highest BCUT2D eigenvalue weighted by Gasteiger charge is 2.28. The molecule has 2 heterocycles. The van der Waals surface area contributed by atoms with Crippen molar-refractivity contribution in [3.63, 3.8) is 0 Å². The van der Waals surface area contributed by atoms with E-state index in [2.05, 4.69) is 117 Å². The second-order valence-corrected chi connectivity index (χ2v) is 12.1. The van der Waals surface area contributed by atoms with Crippen LogP contribution >= 0.6 is 0 Å². The number of aliphatic hydroxyl groups excluding tert-OH is 2. The first-order valence-corrected chi connectivity index (χ1v) is 16.1. The molecule has 0 spiro atoms. The van der Waals surface area contributed by atoms with Crippen molar-refractivity contribution in [2.45, 2.75) is 63.3 Å². The van der Waals surface area contributed by atoms with E-state index in [-0.39, 0.29) is 24.3 Å². The van der Waals surface area contributed by atoms with E-state index >= 15 is 0 Å². The topological polar surface area (TPSA) is 71.0 Å². The average molecular weight is 593 g/mol. The molecule has 0 saturated carbocycles. The maximum atomic E-state index is 10.4. The van der Waals surface area contributed by atoms with Crippen LogP contribution in [0.5, 0.6) is 0 Å². The number of benzene rings is 4. The molecule has 2 aliphatic rings. The fourth-order valence-corrected chi connectivity index (χ4v) is 6.13. The zero-order valence-corrected chi connectivity index (χ0v) is 25.7. The number of piperidine rings is 2. The van der Waals surface area contributed by atoms with Gasteiger partial charge in [0.2, 0.25) is 0 Å².